The third kappa shape index (κ3) is 3.84. The second kappa shape index (κ2) is 6.93. The predicted octanol–water partition coefficient (Wildman–Crippen LogP) is 2.88. The Labute approximate surface area is 128 Å². The SMILES string of the molecule is CN(C)c1ccccc1N[B]Nc1ccccc1N(C)C. The van der Waals surface area contributed by atoms with Gasteiger partial charge in [0.05, 0.1) is 11.4 Å². The predicted molar refractivity (Wildman–Crippen MR) is 94.5 cm³/mol. The maximum atomic E-state index is 3.31. The van der Waals surface area contributed by atoms with Gasteiger partial charge in [-0.3, -0.25) is 0 Å². The molecule has 109 valence electrons. The van der Waals surface area contributed by atoms with E-state index in [0.29, 0.717) is 0 Å². The summed E-state index contributed by atoms with van der Waals surface area (Å²) in [5.41, 5.74) is 4.43. The Balaban J connectivity index is 2.03. The molecule has 0 unspecified atom stereocenters. The normalized spacial score (nSPS) is 9.90. The Morgan fingerprint density at radius 3 is 1.43 bits per heavy atom. The van der Waals surface area contributed by atoms with Crippen molar-refractivity contribution in [2.45, 2.75) is 0 Å². The van der Waals surface area contributed by atoms with Crippen LogP contribution in [0.15, 0.2) is 48.5 Å². The van der Waals surface area contributed by atoms with Gasteiger partial charge in [-0.15, -0.1) is 0 Å². The number of nitrogens with one attached hydrogen (secondary N) is 2. The zero-order valence-electron chi connectivity index (χ0n) is 13.1. The molecule has 2 rings (SSSR count). The van der Waals surface area contributed by atoms with Crippen LogP contribution in [0.3, 0.4) is 0 Å². The van der Waals surface area contributed by atoms with Crippen LogP contribution in [0.1, 0.15) is 0 Å². The number of rotatable bonds is 6. The topological polar surface area (TPSA) is 30.5 Å². The smallest absolute Gasteiger partial charge is 0.385 e. The van der Waals surface area contributed by atoms with Gasteiger partial charge in [0, 0.05) is 39.6 Å². The van der Waals surface area contributed by atoms with Crippen LogP contribution in [-0.2, 0) is 0 Å². The summed E-state index contributed by atoms with van der Waals surface area (Å²) in [4.78, 5) is 4.17. The van der Waals surface area contributed by atoms with Gasteiger partial charge in [0.1, 0.15) is 0 Å². The molecular formula is C16H22BN4. The minimum atomic E-state index is 1.07. The first-order chi connectivity index (χ1) is 10.1. The van der Waals surface area contributed by atoms with Gasteiger partial charge in [0.15, 0.2) is 0 Å². The molecule has 4 nitrogen and oxygen atoms in total. The van der Waals surface area contributed by atoms with Crippen LogP contribution in [0.4, 0.5) is 22.7 Å². The summed E-state index contributed by atoms with van der Waals surface area (Å²) < 4.78 is 0. The summed E-state index contributed by atoms with van der Waals surface area (Å²) in [6, 6.07) is 16.4. The third-order valence-corrected chi connectivity index (χ3v) is 3.23. The van der Waals surface area contributed by atoms with E-state index in [1.165, 1.54) is 0 Å². The maximum Gasteiger partial charge on any atom is 0.385 e. The Kier molecular flexibility index (Phi) is 4.98. The highest BCUT2D eigenvalue weighted by Crippen LogP contribution is 2.25. The lowest BCUT2D eigenvalue weighted by molar-refractivity contribution is 1.13. The lowest BCUT2D eigenvalue weighted by atomic mass is 10.1. The highest BCUT2D eigenvalue weighted by molar-refractivity contribution is 6.45. The van der Waals surface area contributed by atoms with E-state index in [-0.39, 0.29) is 0 Å². The van der Waals surface area contributed by atoms with Crippen molar-refractivity contribution in [2.24, 2.45) is 0 Å². The van der Waals surface area contributed by atoms with Crippen LogP contribution in [0.2, 0.25) is 0 Å². The molecular weight excluding hydrogens is 259 g/mol. The summed E-state index contributed by atoms with van der Waals surface area (Å²) in [6.45, 7) is 0. The van der Waals surface area contributed by atoms with E-state index >= 15 is 0 Å². The van der Waals surface area contributed by atoms with E-state index in [1.807, 2.05) is 60.0 Å². The average molecular weight is 281 g/mol. The number of hydrogen-bond donors (Lipinski definition) is 2. The number of benzene rings is 2. The molecule has 0 saturated carbocycles. The van der Waals surface area contributed by atoms with Crippen molar-refractivity contribution in [1.82, 2.24) is 0 Å². The van der Waals surface area contributed by atoms with Gasteiger partial charge in [-0.2, -0.15) is 0 Å². The zero-order chi connectivity index (χ0) is 15.2. The van der Waals surface area contributed by atoms with Crippen molar-refractivity contribution in [3.05, 3.63) is 48.5 Å². The molecule has 21 heavy (non-hydrogen) atoms. The van der Waals surface area contributed by atoms with Crippen LogP contribution >= 0.6 is 0 Å². The Bertz CT molecular complexity index is 532. The quantitative estimate of drug-likeness (QED) is 0.797. The van der Waals surface area contributed by atoms with Crippen LogP contribution in [0.5, 0.6) is 0 Å². The van der Waals surface area contributed by atoms with Gasteiger partial charge in [0.25, 0.3) is 0 Å². The number of nitrogens with zero attached hydrogens (tertiary/aromatic N) is 2. The number of para-hydroxylation sites is 4. The minimum absolute atomic E-state index is 1.07. The molecule has 0 aromatic heterocycles. The van der Waals surface area contributed by atoms with Crippen LogP contribution in [0, 0.1) is 0 Å². The van der Waals surface area contributed by atoms with Crippen molar-refractivity contribution < 1.29 is 0 Å². The molecule has 2 aromatic rings. The van der Waals surface area contributed by atoms with E-state index in [9.17, 15) is 0 Å². The van der Waals surface area contributed by atoms with E-state index in [1.54, 1.807) is 0 Å². The van der Waals surface area contributed by atoms with Gasteiger partial charge in [0.2, 0.25) is 0 Å². The molecule has 1 radical (unpaired) electrons. The molecule has 0 fully saturated rings. The number of hydrogen-bond acceptors (Lipinski definition) is 4. The van der Waals surface area contributed by atoms with Gasteiger partial charge >= 0.3 is 7.55 Å². The molecule has 0 aliphatic heterocycles. The fraction of sp³-hybridized carbons (Fsp3) is 0.250. The highest BCUT2D eigenvalue weighted by atomic mass is 15.1. The van der Waals surface area contributed by atoms with Crippen LogP contribution in [0.25, 0.3) is 0 Å². The monoisotopic (exact) mass is 281 g/mol. The summed E-state index contributed by atoms with van der Waals surface area (Å²) in [5, 5.41) is 6.63. The summed E-state index contributed by atoms with van der Waals surface area (Å²) in [5.74, 6) is 0. The first-order valence-corrected chi connectivity index (χ1v) is 6.97. The molecule has 0 heterocycles. The molecule has 0 saturated heterocycles. The molecule has 0 bridgehead atoms. The fourth-order valence-electron chi connectivity index (χ4n) is 2.16. The Morgan fingerprint density at radius 2 is 1.05 bits per heavy atom. The third-order valence-electron chi connectivity index (χ3n) is 3.23. The van der Waals surface area contributed by atoms with Crippen LogP contribution < -0.4 is 20.3 Å². The van der Waals surface area contributed by atoms with Crippen molar-refractivity contribution in [3.63, 3.8) is 0 Å². The van der Waals surface area contributed by atoms with Gasteiger partial charge in [-0.1, -0.05) is 24.3 Å². The summed E-state index contributed by atoms with van der Waals surface area (Å²) in [6.07, 6.45) is 0. The van der Waals surface area contributed by atoms with Crippen molar-refractivity contribution in [3.8, 4) is 0 Å². The Morgan fingerprint density at radius 1 is 0.667 bits per heavy atom. The summed E-state index contributed by atoms with van der Waals surface area (Å²) in [7, 11) is 10.0. The minimum Gasteiger partial charge on any atom is -0.411 e. The molecule has 0 aliphatic rings. The van der Waals surface area contributed by atoms with E-state index in [4.69, 9.17) is 0 Å². The standard InChI is InChI=1S/C16H22BN4/c1-20(2)15-11-7-5-9-13(15)18-17-19-14-10-6-8-12-16(14)21(3)4/h5-12,18-19H,1-4H3. The second-order valence-electron chi connectivity index (χ2n) is 5.26. The molecule has 2 N–H and O–H groups in total. The molecule has 2 aromatic carbocycles. The lowest BCUT2D eigenvalue weighted by Crippen LogP contribution is -2.21. The Hall–Kier alpha value is -2.30. The van der Waals surface area contributed by atoms with Crippen molar-refractivity contribution in [2.75, 3.05) is 48.4 Å². The summed E-state index contributed by atoms with van der Waals surface area (Å²) >= 11 is 0. The largest absolute Gasteiger partial charge is 0.411 e. The molecule has 0 atom stereocenters. The molecule has 0 spiro atoms. The van der Waals surface area contributed by atoms with Crippen molar-refractivity contribution in [1.29, 1.82) is 0 Å². The average Bonchev–Trinajstić information content (AvgIpc) is 2.48. The first kappa shape index (κ1) is 15.1. The second-order valence-corrected chi connectivity index (χ2v) is 5.26. The van der Waals surface area contributed by atoms with Crippen molar-refractivity contribution >= 4 is 30.3 Å². The van der Waals surface area contributed by atoms with Crippen LogP contribution in [-0.4, -0.2) is 35.7 Å². The highest BCUT2D eigenvalue weighted by Gasteiger charge is 2.06. The van der Waals surface area contributed by atoms with Gasteiger partial charge < -0.3 is 20.3 Å². The molecule has 0 aliphatic carbocycles. The molecule has 0 amide bonds. The zero-order valence-corrected chi connectivity index (χ0v) is 13.1. The number of anilines is 4. The first-order valence-electron chi connectivity index (χ1n) is 6.97. The van der Waals surface area contributed by atoms with E-state index < -0.39 is 0 Å². The van der Waals surface area contributed by atoms with E-state index in [0.717, 1.165) is 22.7 Å². The van der Waals surface area contributed by atoms with Gasteiger partial charge in [-0.05, 0) is 24.3 Å². The van der Waals surface area contributed by atoms with E-state index in [2.05, 4.69) is 44.5 Å². The maximum absolute atomic E-state index is 3.31. The van der Waals surface area contributed by atoms with Gasteiger partial charge in [-0.25, -0.2) is 0 Å². The molecule has 5 heteroatoms. The lowest BCUT2D eigenvalue weighted by Gasteiger charge is -2.20. The fourth-order valence-corrected chi connectivity index (χ4v) is 2.16.